The van der Waals surface area contributed by atoms with E-state index >= 15 is 0 Å². The minimum Gasteiger partial charge on any atom is -0.388 e. The fraction of sp³-hybridized carbons (Fsp3) is 0.900. The molecule has 0 aromatic carbocycles. The van der Waals surface area contributed by atoms with Gasteiger partial charge in [-0.3, -0.25) is 4.79 Å². The van der Waals surface area contributed by atoms with Crippen molar-refractivity contribution in [1.29, 1.82) is 0 Å². The van der Waals surface area contributed by atoms with E-state index in [1.54, 1.807) is 11.8 Å². The van der Waals surface area contributed by atoms with Crippen LogP contribution in [0.1, 0.15) is 32.6 Å². The van der Waals surface area contributed by atoms with Crippen molar-refractivity contribution in [2.45, 2.75) is 43.5 Å². The second kappa shape index (κ2) is 5.03. The molecule has 0 aliphatic heterocycles. The zero-order valence-corrected chi connectivity index (χ0v) is 9.69. The van der Waals surface area contributed by atoms with Gasteiger partial charge in [0.15, 0.2) is 0 Å². The van der Waals surface area contributed by atoms with Crippen LogP contribution >= 0.6 is 11.8 Å². The van der Waals surface area contributed by atoms with Crippen LogP contribution in [0.15, 0.2) is 0 Å². The van der Waals surface area contributed by atoms with Gasteiger partial charge in [0.2, 0.25) is 5.91 Å². The van der Waals surface area contributed by atoms with E-state index in [0.29, 0.717) is 18.2 Å². The molecule has 1 aliphatic carbocycles. The van der Waals surface area contributed by atoms with Crippen molar-refractivity contribution in [3.8, 4) is 0 Å². The smallest absolute Gasteiger partial charge is 0.221 e. The number of nitrogens with one attached hydrogen (secondary N) is 1. The van der Waals surface area contributed by atoms with Gasteiger partial charge < -0.3 is 10.4 Å². The van der Waals surface area contributed by atoms with Crippen molar-refractivity contribution in [2.24, 2.45) is 0 Å². The zero-order valence-electron chi connectivity index (χ0n) is 8.88. The van der Waals surface area contributed by atoms with Gasteiger partial charge in [0.1, 0.15) is 0 Å². The van der Waals surface area contributed by atoms with Crippen LogP contribution < -0.4 is 5.32 Å². The molecule has 14 heavy (non-hydrogen) atoms. The average molecular weight is 217 g/mol. The average Bonchev–Trinajstić information content (AvgIpc) is 2.11. The van der Waals surface area contributed by atoms with Gasteiger partial charge in [-0.15, -0.1) is 0 Å². The Morgan fingerprint density at radius 3 is 2.71 bits per heavy atom. The Labute approximate surface area is 89.6 Å². The van der Waals surface area contributed by atoms with Crippen molar-refractivity contribution in [1.82, 2.24) is 5.32 Å². The summed E-state index contributed by atoms with van der Waals surface area (Å²) in [5, 5.41) is 12.9. The van der Waals surface area contributed by atoms with Gasteiger partial charge in [0.05, 0.1) is 5.60 Å². The van der Waals surface area contributed by atoms with E-state index in [0.717, 1.165) is 19.3 Å². The Morgan fingerprint density at radius 1 is 1.64 bits per heavy atom. The molecule has 0 heterocycles. The number of rotatable bonds is 5. The summed E-state index contributed by atoms with van der Waals surface area (Å²) in [6, 6.07) is 0. The Morgan fingerprint density at radius 2 is 2.29 bits per heavy atom. The van der Waals surface area contributed by atoms with E-state index in [2.05, 4.69) is 5.32 Å². The molecule has 0 bridgehead atoms. The molecule has 82 valence electrons. The van der Waals surface area contributed by atoms with E-state index < -0.39 is 5.60 Å². The maximum Gasteiger partial charge on any atom is 0.221 e. The summed E-state index contributed by atoms with van der Waals surface area (Å²) in [4.78, 5) is 11.4. The van der Waals surface area contributed by atoms with Crippen LogP contribution in [-0.2, 0) is 4.79 Å². The van der Waals surface area contributed by atoms with Gasteiger partial charge in [-0.25, -0.2) is 0 Å². The van der Waals surface area contributed by atoms with Crippen molar-refractivity contribution in [3.63, 3.8) is 0 Å². The number of carbonyl (C=O) groups is 1. The molecule has 1 unspecified atom stereocenters. The predicted molar refractivity (Wildman–Crippen MR) is 59.4 cm³/mol. The van der Waals surface area contributed by atoms with Gasteiger partial charge in [0.25, 0.3) is 0 Å². The summed E-state index contributed by atoms with van der Waals surface area (Å²) in [6.45, 7) is 2.45. The molecule has 1 aliphatic rings. The third-order valence-electron chi connectivity index (χ3n) is 2.77. The van der Waals surface area contributed by atoms with E-state index in [1.807, 2.05) is 13.2 Å². The van der Waals surface area contributed by atoms with E-state index in [-0.39, 0.29) is 5.91 Å². The highest BCUT2D eigenvalue weighted by atomic mass is 32.2. The molecule has 3 nitrogen and oxygen atoms in total. The van der Waals surface area contributed by atoms with Crippen molar-refractivity contribution in [3.05, 3.63) is 0 Å². The number of hydrogen-bond acceptors (Lipinski definition) is 3. The van der Waals surface area contributed by atoms with Crippen LogP contribution in [0.5, 0.6) is 0 Å². The molecule has 0 radical (unpaired) electrons. The van der Waals surface area contributed by atoms with Crippen molar-refractivity contribution in [2.75, 3.05) is 12.8 Å². The molecule has 2 N–H and O–H groups in total. The monoisotopic (exact) mass is 217 g/mol. The highest BCUT2D eigenvalue weighted by molar-refractivity contribution is 7.99. The molecule has 1 rings (SSSR count). The first-order valence-corrected chi connectivity index (χ1v) is 6.36. The van der Waals surface area contributed by atoms with Gasteiger partial charge in [-0.05, 0) is 25.5 Å². The third kappa shape index (κ3) is 3.50. The molecule has 1 atom stereocenters. The first kappa shape index (κ1) is 11.9. The first-order chi connectivity index (χ1) is 6.56. The highest BCUT2D eigenvalue weighted by Crippen LogP contribution is 2.30. The largest absolute Gasteiger partial charge is 0.388 e. The van der Waals surface area contributed by atoms with Gasteiger partial charge in [0, 0.05) is 18.2 Å². The van der Waals surface area contributed by atoms with Crippen LogP contribution in [0, 0.1) is 0 Å². The SMILES string of the molecule is CSC(C)CC(=O)NCC1(O)CCC1. The fourth-order valence-corrected chi connectivity index (χ4v) is 1.76. The Kier molecular flexibility index (Phi) is 4.26. The summed E-state index contributed by atoms with van der Waals surface area (Å²) in [6.07, 6.45) is 5.26. The Bertz CT molecular complexity index is 204. The second-order valence-electron chi connectivity index (χ2n) is 4.11. The lowest BCUT2D eigenvalue weighted by Gasteiger charge is -2.36. The van der Waals surface area contributed by atoms with E-state index in [4.69, 9.17) is 0 Å². The number of thioether (sulfide) groups is 1. The standard InChI is InChI=1S/C10H19NO2S/c1-8(14-2)6-9(12)11-7-10(13)4-3-5-10/h8,13H,3-7H2,1-2H3,(H,11,12). The summed E-state index contributed by atoms with van der Waals surface area (Å²) >= 11 is 1.68. The minimum atomic E-state index is -0.599. The number of aliphatic hydroxyl groups is 1. The first-order valence-electron chi connectivity index (χ1n) is 5.08. The minimum absolute atomic E-state index is 0.0483. The zero-order chi connectivity index (χ0) is 10.6. The van der Waals surface area contributed by atoms with E-state index in [9.17, 15) is 9.90 Å². The Balaban J connectivity index is 2.14. The molecule has 1 fully saturated rings. The predicted octanol–water partition coefficient (Wildman–Crippen LogP) is 1.16. The van der Waals surface area contributed by atoms with Crippen molar-refractivity contribution >= 4 is 17.7 Å². The molecule has 1 amide bonds. The molecule has 0 spiro atoms. The lowest BCUT2D eigenvalue weighted by molar-refractivity contribution is -0.123. The van der Waals surface area contributed by atoms with Crippen LogP contribution in [0.25, 0.3) is 0 Å². The maximum atomic E-state index is 11.4. The van der Waals surface area contributed by atoms with Gasteiger partial charge in [-0.2, -0.15) is 11.8 Å². The molecule has 0 aromatic heterocycles. The molecule has 1 saturated carbocycles. The molecular formula is C10H19NO2S. The number of amides is 1. The third-order valence-corrected chi connectivity index (χ3v) is 3.75. The molecule has 4 heteroatoms. The lowest BCUT2D eigenvalue weighted by atomic mass is 9.80. The van der Waals surface area contributed by atoms with Gasteiger partial charge in [-0.1, -0.05) is 6.92 Å². The van der Waals surface area contributed by atoms with E-state index in [1.165, 1.54) is 0 Å². The topological polar surface area (TPSA) is 49.3 Å². The highest BCUT2D eigenvalue weighted by Gasteiger charge is 2.34. The normalized spacial score (nSPS) is 21.1. The maximum absolute atomic E-state index is 11.4. The quantitative estimate of drug-likeness (QED) is 0.726. The van der Waals surface area contributed by atoms with Crippen LogP contribution in [-0.4, -0.2) is 34.7 Å². The second-order valence-corrected chi connectivity index (χ2v) is 5.38. The van der Waals surface area contributed by atoms with Crippen LogP contribution in [0.3, 0.4) is 0 Å². The summed E-state index contributed by atoms with van der Waals surface area (Å²) in [5.74, 6) is 0.0483. The summed E-state index contributed by atoms with van der Waals surface area (Å²) < 4.78 is 0. The van der Waals surface area contributed by atoms with Crippen molar-refractivity contribution < 1.29 is 9.90 Å². The van der Waals surface area contributed by atoms with Crippen LogP contribution in [0.2, 0.25) is 0 Å². The lowest BCUT2D eigenvalue weighted by Crippen LogP contribution is -2.48. The number of carbonyl (C=O) groups excluding carboxylic acids is 1. The number of hydrogen-bond donors (Lipinski definition) is 2. The van der Waals surface area contributed by atoms with Gasteiger partial charge >= 0.3 is 0 Å². The molecule has 0 aromatic rings. The molecular weight excluding hydrogens is 198 g/mol. The summed E-state index contributed by atoms with van der Waals surface area (Å²) in [5.41, 5.74) is -0.599. The van der Waals surface area contributed by atoms with Crippen LogP contribution in [0.4, 0.5) is 0 Å². The Hall–Kier alpha value is -0.220. The summed E-state index contributed by atoms with van der Waals surface area (Å²) in [7, 11) is 0. The molecule has 0 saturated heterocycles. The fourth-order valence-electron chi connectivity index (χ4n) is 1.44.